The van der Waals surface area contributed by atoms with Crippen molar-refractivity contribution in [2.24, 2.45) is 0 Å². The second kappa shape index (κ2) is 6.68. The molecule has 4 aromatic carbocycles. The van der Waals surface area contributed by atoms with Crippen molar-refractivity contribution in [1.29, 1.82) is 0 Å². The standard InChI is InChI=1S/C31H27NO/c1-30(2)24-12-8-9-13-28(24)32(21-10-6-5-7-11-21)29-18-26-23(17-27(29)30)22-15-14-20(19-33)16-25(22)31(26,3)4/h5-19H,1-4H3. The fourth-order valence-corrected chi connectivity index (χ4v) is 5.87. The van der Waals surface area contributed by atoms with Crippen LogP contribution in [-0.4, -0.2) is 6.29 Å². The van der Waals surface area contributed by atoms with Crippen molar-refractivity contribution in [2.45, 2.75) is 38.5 Å². The summed E-state index contributed by atoms with van der Waals surface area (Å²) in [4.78, 5) is 13.9. The number of benzene rings is 4. The lowest BCUT2D eigenvalue weighted by Gasteiger charge is -2.42. The third kappa shape index (κ3) is 2.64. The molecule has 0 saturated heterocycles. The Kier molecular flexibility index (Phi) is 4.05. The molecular formula is C31H27NO. The van der Waals surface area contributed by atoms with E-state index in [1.165, 1.54) is 50.4 Å². The first-order valence-electron chi connectivity index (χ1n) is 11.6. The lowest BCUT2D eigenvalue weighted by atomic mass is 9.72. The van der Waals surface area contributed by atoms with Crippen LogP contribution in [0.4, 0.5) is 17.1 Å². The molecule has 0 bridgehead atoms. The van der Waals surface area contributed by atoms with Crippen molar-refractivity contribution >= 4 is 23.3 Å². The fourth-order valence-electron chi connectivity index (χ4n) is 5.87. The molecule has 1 aliphatic carbocycles. The highest BCUT2D eigenvalue weighted by molar-refractivity contribution is 5.92. The van der Waals surface area contributed by atoms with Gasteiger partial charge in [-0.25, -0.2) is 0 Å². The van der Waals surface area contributed by atoms with Gasteiger partial charge in [0, 0.05) is 22.1 Å². The van der Waals surface area contributed by atoms with E-state index in [1.54, 1.807) is 0 Å². The Hall–Kier alpha value is -3.65. The zero-order valence-corrected chi connectivity index (χ0v) is 19.5. The molecule has 0 atom stereocenters. The first-order chi connectivity index (χ1) is 15.8. The number of fused-ring (bicyclic) bond motifs is 5. The summed E-state index contributed by atoms with van der Waals surface area (Å²) < 4.78 is 0. The Balaban J connectivity index is 1.68. The minimum Gasteiger partial charge on any atom is -0.310 e. The summed E-state index contributed by atoms with van der Waals surface area (Å²) in [6, 6.07) is 30.3. The predicted octanol–water partition coefficient (Wildman–Crippen LogP) is 7.91. The van der Waals surface area contributed by atoms with Crippen molar-refractivity contribution in [3.05, 3.63) is 113 Å². The van der Waals surface area contributed by atoms with Gasteiger partial charge in [0.15, 0.2) is 0 Å². The topological polar surface area (TPSA) is 20.3 Å². The lowest BCUT2D eigenvalue weighted by molar-refractivity contribution is 0.112. The van der Waals surface area contributed by atoms with Crippen LogP contribution in [0.1, 0.15) is 60.3 Å². The highest BCUT2D eigenvalue weighted by Crippen LogP contribution is 2.57. The summed E-state index contributed by atoms with van der Waals surface area (Å²) in [7, 11) is 0. The van der Waals surface area contributed by atoms with Crippen molar-refractivity contribution in [3.8, 4) is 11.1 Å². The van der Waals surface area contributed by atoms with E-state index in [0.717, 1.165) is 11.8 Å². The van der Waals surface area contributed by atoms with E-state index in [0.29, 0.717) is 0 Å². The van der Waals surface area contributed by atoms with Crippen molar-refractivity contribution in [3.63, 3.8) is 0 Å². The number of anilines is 3. The molecule has 0 fully saturated rings. The van der Waals surface area contributed by atoms with Crippen LogP contribution in [-0.2, 0) is 10.8 Å². The summed E-state index contributed by atoms with van der Waals surface area (Å²) in [6.45, 7) is 9.20. The number of hydrogen-bond acceptors (Lipinski definition) is 2. The van der Waals surface area contributed by atoms with Crippen LogP contribution in [0.5, 0.6) is 0 Å². The molecule has 0 amide bonds. The summed E-state index contributed by atoms with van der Waals surface area (Å²) in [5.41, 5.74) is 11.8. The van der Waals surface area contributed by atoms with E-state index >= 15 is 0 Å². The van der Waals surface area contributed by atoms with Crippen LogP contribution >= 0.6 is 0 Å². The molecule has 0 saturated carbocycles. The molecule has 2 nitrogen and oxygen atoms in total. The van der Waals surface area contributed by atoms with Crippen molar-refractivity contribution in [2.75, 3.05) is 4.90 Å². The van der Waals surface area contributed by atoms with Crippen LogP contribution in [0, 0.1) is 0 Å². The zero-order chi connectivity index (χ0) is 23.0. The summed E-state index contributed by atoms with van der Waals surface area (Å²) >= 11 is 0. The normalized spacial score (nSPS) is 16.4. The monoisotopic (exact) mass is 429 g/mol. The molecular weight excluding hydrogens is 402 g/mol. The van der Waals surface area contributed by atoms with Gasteiger partial charge in [0.25, 0.3) is 0 Å². The SMILES string of the molecule is CC1(C)c2cc(C=O)ccc2-c2cc3c(cc21)N(c1ccccc1)c1ccccc1C3(C)C. The minimum absolute atomic E-state index is 0.137. The number of aldehydes is 1. The van der Waals surface area contributed by atoms with E-state index in [1.807, 2.05) is 6.07 Å². The molecule has 162 valence electrons. The smallest absolute Gasteiger partial charge is 0.150 e. The zero-order valence-electron chi connectivity index (χ0n) is 19.5. The van der Waals surface area contributed by atoms with Crippen molar-refractivity contribution < 1.29 is 4.79 Å². The van der Waals surface area contributed by atoms with Crippen LogP contribution in [0.25, 0.3) is 11.1 Å². The second-order valence-corrected chi connectivity index (χ2v) is 10.3. The second-order valence-electron chi connectivity index (χ2n) is 10.3. The molecule has 1 aliphatic heterocycles. The predicted molar refractivity (Wildman–Crippen MR) is 136 cm³/mol. The maximum absolute atomic E-state index is 11.5. The fraction of sp³-hybridized carbons (Fsp3) is 0.194. The van der Waals surface area contributed by atoms with Crippen LogP contribution in [0.3, 0.4) is 0 Å². The van der Waals surface area contributed by atoms with E-state index in [9.17, 15) is 4.79 Å². The maximum Gasteiger partial charge on any atom is 0.150 e. The highest BCUT2D eigenvalue weighted by atomic mass is 16.1. The van der Waals surface area contributed by atoms with Gasteiger partial charge >= 0.3 is 0 Å². The summed E-state index contributed by atoms with van der Waals surface area (Å²) in [5, 5.41) is 0. The van der Waals surface area contributed by atoms with E-state index in [2.05, 4.69) is 111 Å². The Morgan fingerprint density at radius 1 is 0.606 bits per heavy atom. The third-order valence-electron chi connectivity index (χ3n) is 7.70. The first kappa shape index (κ1) is 20.0. The molecule has 0 N–H and O–H groups in total. The van der Waals surface area contributed by atoms with Gasteiger partial charge in [-0.2, -0.15) is 0 Å². The third-order valence-corrected chi connectivity index (χ3v) is 7.70. The number of carbonyl (C=O) groups is 1. The number of nitrogens with zero attached hydrogens (tertiary/aromatic N) is 1. The summed E-state index contributed by atoms with van der Waals surface area (Å²) in [5.74, 6) is 0. The largest absolute Gasteiger partial charge is 0.310 e. The van der Waals surface area contributed by atoms with Gasteiger partial charge in [0.05, 0.1) is 11.4 Å². The molecule has 2 heteroatoms. The van der Waals surface area contributed by atoms with Gasteiger partial charge in [-0.05, 0) is 69.8 Å². The summed E-state index contributed by atoms with van der Waals surface area (Å²) in [6.07, 6.45) is 0.946. The Bertz CT molecular complexity index is 1430. The Morgan fingerprint density at radius 2 is 1.27 bits per heavy atom. The Labute approximate surface area is 195 Å². The lowest BCUT2D eigenvalue weighted by Crippen LogP contribution is -2.31. The molecule has 0 aromatic heterocycles. The molecule has 0 spiro atoms. The average molecular weight is 430 g/mol. The Morgan fingerprint density at radius 3 is 2.03 bits per heavy atom. The average Bonchev–Trinajstić information content (AvgIpc) is 3.05. The van der Waals surface area contributed by atoms with Gasteiger partial charge < -0.3 is 4.90 Å². The number of para-hydroxylation sites is 2. The number of rotatable bonds is 2. The van der Waals surface area contributed by atoms with Gasteiger partial charge in [-0.1, -0.05) is 76.2 Å². The van der Waals surface area contributed by atoms with Gasteiger partial charge in [0.1, 0.15) is 6.29 Å². The van der Waals surface area contributed by atoms with E-state index in [-0.39, 0.29) is 10.8 Å². The van der Waals surface area contributed by atoms with E-state index in [4.69, 9.17) is 0 Å². The van der Waals surface area contributed by atoms with E-state index < -0.39 is 0 Å². The molecule has 1 heterocycles. The maximum atomic E-state index is 11.5. The highest BCUT2D eigenvalue weighted by Gasteiger charge is 2.42. The molecule has 33 heavy (non-hydrogen) atoms. The first-order valence-corrected chi connectivity index (χ1v) is 11.6. The van der Waals surface area contributed by atoms with Crippen LogP contribution in [0.2, 0.25) is 0 Å². The van der Waals surface area contributed by atoms with Crippen molar-refractivity contribution in [1.82, 2.24) is 0 Å². The molecule has 4 aromatic rings. The van der Waals surface area contributed by atoms with Crippen LogP contribution < -0.4 is 4.90 Å². The molecule has 6 rings (SSSR count). The van der Waals surface area contributed by atoms with Gasteiger partial charge in [-0.15, -0.1) is 0 Å². The molecule has 0 radical (unpaired) electrons. The molecule has 2 aliphatic rings. The van der Waals surface area contributed by atoms with Gasteiger partial charge in [0.2, 0.25) is 0 Å². The number of hydrogen-bond donors (Lipinski definition) is 0. The number of carbonyl (C=O) groups excluding carboxylic acids is 1. The quantitative estimate of drug-likeness (QED) is 0.302. The van der Waals surface area contributed by atoms with Gasteiger partial charge in [-0.3, -0.25) is 4.79 Å². The minimum atomic E-state index is -0.178. The van der Waals surface area contributed by atoms with Crippen LogP contribution in [0.15, 0.2) is 84.9 Å². The molecule has 0 unspecified atom stereocenters.